The van der Waals surface area contributed by atoms with E-state index in [-0.39, 0.29) is 0 Å². The third-order valence-corrected chi connectivity index (χ3v) is 5.03. The minimum absolute atomic E-state index is 0.564. The lowest BCUT2D eigenvalue weighted by Crippen LogP contribution is -2.30. The number of anilines is 1. The van der Waals surface area contributed by atoms with Crippen molar-refractivity contribution < 1.29 is 4.74 Å². The van der Waals surface area contributed by atoms with E-state index < -0.39 is 0 Å². The molecule has 4 heteroatoms. The first-order valence-corrected chi connectivity index (χ1v) is 9.16. The van der Waals surface area contributed by atoms with Crippen LogP contribution in [-0.4, -0.2) is 16.5 Å². The number of hydrogen-bond donors (Lipinski definition) is 0. The Hall–Kier alpha value is -3.40. The molecule has 132 valence electrons. The van der Waals surface area contributed by atoms with Crippen molar-refractivity contribution in [3.63, 3.8) is 0 Å². The maximum Gasteiger partial charge on any atom is 0.224 e. The van der Waals surface area contributed by atoms with Gasteiger partial charge in [0.25, 0.3) is 0 Å². The highest BCUT2D eigenvalue weighted by molar-refractivity contribution is 5.83. The summed E-state index contributed by atoms with van der Waals surface area (Å²) in [5.74, 6) is 2.24. The third kappa shape index (κ3) is 3.22. The first-order chi connectivity index (χ1) is 13.3. The molecule has 0 fully saturated rings. The van der Waals surface area contributed by atoms with Crippen molar-refractivity contribution in [3.8, 4) is 11.6 Å². The van der Waals surface area contributed by atoms with Crippen molar-refractivity contribution in [2.24, 2.45) is 0 Å². The van der Waals surface area contributed by atoms with Crippen LogP contribution >= 0.6 is 0 Å². The second kappa shape index (κ2) is 6.72. The predicted octanol–water partition coefficient (Wildman–Crippen LogP) is 4.98. The van der Waals surface area contributed by atoms with Crippen LogP contribution in [0.2, 0.25) is 0 Å². The standard InChI is InChI=1S/C23H19N3O/c1-3-7-19-13-21(10-9-17(19)5-1)27-23-14-22(24-16-25-23)26-12-11-18-6-2-4-8-20(18)15-26/h1-10,13-14,16H,11-12,15H2. The average molecular weight is 353 g/mol. The van der Waals surface area contributed by atoms with E-state index in [0.29, 0.717) is 5.88 Å². The number of ether oxygens (including phenoxy) is 1. The molecule has 1 aromatic heterocycles. The minimum Gasteiger partial charge on any atom is -0.439 e. The van der Waals surface area contributed by atoms with Gasteiger partial charge < -0.3 is 9.64 Å². The molecule has 0 saturated carbocycles. The number of benzene rings is 3. The van der Waals surface area contributed by atoms with Crippen LogP contribution in [0.15, 0.2) is 79.1 Å². The van der Waals surface area contributed by atoms with Gasteiger partial charge in [0.1, 0.15) is 17.9 Å². The fourth-order valence-electron chi connectivity index (χ4n) is 3.60. The molecule has 0 aliphatic carbocycles. The van der Waals surface area contributed by atoms with E-state index in [1.807, 2.05) is 30.3 Å². The summed E-state index contributed by atoms with van der Waals surface area (Å²) in [6, 6.07) is 24.8. The molecular weight excluding hydrogens is 334 g/mol. The van der Waals surface area contributed by atoms with Crippen molar-refractivity contribution in [1.82, 2.24) is 9.97 Å². The monoisotopic (exact) mass is 353 g/mol. The topological polar surface area (TPSA) is 38.2 Å². The Morgan fingerprint density at radius 3 is 2.52 bits per heavy atom. The summed E-state index contributed by atoms with van der Waals surface area (Å²) in [7, 11) is 0. The van der Waals surface area contributed by atoms with Gasteiger partial charge in [-0.3, -0.25) is 0 Å². The van der Waals surface area contributed by atoms with Crippen LogP contribution in [-0.2, 0) is 13.0 Å². The van der Waals surface area contributed by atoms with Gasteiger partial charge in [-0.05, 0) is 40.5 Å². The molecule has 0 saturated heterocycles. The molecule has 0 spiro atoms. The van der Waals surface area contributed by atoms with Crippen LogP contribution in [0.1, 0.15) is 11.1 Å². The second-order valence-corrected chi connectivity index (χ2v) is 6.77. The molecule has 5 rings (SSSR count). The van der Waals surface area contributed by atoms with Crippen LogP contribution in [0.5, 0.6) is 11.6 Å². The summed E-state index contributed by atoms with van der Waals surface area (Å²) < 4.78 is 6.01. The highest BCUT2D eigenvalue weighted by atomic mass is 16.5. The van der Waals surface area contributed by atoms with Crippen molar-refractivity contribution in [1.29, 1.82) is 0 Å². The number of rotatable bonds is 3. The van der Waals surface area contributed by atoms with E-state index in [9.17, 15) is 0 Å². The van der Waals surface area contributed by atoms with Crippen LogP contribution < -0.4 is 9.64 Å². The zero-order valence-electron chi connectivity index (χ0n) is 14.9. The number of hydrogen-bond acceptors (Lipinski definition) is 4. The van der Waals surface area contributed by atoms with E-state index in [1.54, 1.807) is 6.33 Å². The third-order valence-electron chi connectivity index (χ3n) is 5.03. The van der Waals surface area contributed by atoms with Gasteiger partial charge in [-0.25, -0.2) is 9.97 Å². The smallest absolute Gasteiger partial charge is 0.224 e. The number of aromatic nitrogens is 2. The Labute approximate surface area is 158 Å². The molecule has 0 amide bonds. The predicted molar refractivity (Wildman–Crippen MR) is 107 cm³/mol. The summed E-state index contributed by atoms with van der Waals surface area (Å²) in [5.41, 5.74) is 2.79. The quantitative estimate of drug-likeness (QED) is 0.520. The van der Waals surface area contributed by atoms with Gasteiger partial charge >= 0.3 is 0 Å². The lowest BCUT2D eigenvalue weighted by atomic mass is 10.00. The Morgan fingerprint density at radius 2 is 1.59 bits per heavy atom. The highest BCUT2D eigenvalue weighted by Crippen LogP contribution is 2.28. The first kappa shape index (κ1) is 15.8. The molecule has 1 aliphatic heterocycles. The molecule has 2 heterocycles. The Kier molecular flexibility index (Phi) is 3.94. The molecule has 0 N–H and O–H groups in total. The minimum atomic E-state index is 0.564. The van der Waals surface area contributed by atoms with Crippen LogP contribution in [0.4, 0.5) is 5.82 Å². The summed E-state index contributed by atoms with van der Waals surface area (Å²) >= 11 is 0. The SMILES string of the molecule is c1ccc2c(c1)CCN(c1cc(Oc3ccc4ccccc4c3)ncn1)C2. The van der Waals surface area contributed by atoms with Gasteiger partial charge in [0.05, 0.1) is 0 Å². The van der Waals surface area contributed by atoms with Gasteiger partial charge in [-0.2, -0.15) is 0 Å². The maximum absolute atomic E-state index is 6.01. The summed E-state index contributed by atoms with van der Waals surface area (Å²) in [6.45, 7) is 1.81. The second-order valence-electron chi connectivity index (χ2n) is 6.77. The lowest BCUT2D eigenvalue weighted by molar-refractivity contribution is 0.462. The van der Waals surface area contributed by atoms with Gasteiger partial charge in [0.2, 0.25) is 5.88 Å². The normalized spacial score (nSPS) is 13.4. The van der Waals surface area contributed by atoms with E-state index in [1.165, 1.54) is 16.5 Å². The Morgan fingerprint density at radius 1 is 0.778 bits per heavy atom. The molecule has 0 atom stereocenters. The van der Waals surface area contributed by atoms with Crippen LogP contribution in [0.3, 0.4) is 0 Å². The molecule has 0 radical (unpaired) electrons. The Bertz CT molecular complexity index is 1110. The zero-order valence-corrected chi connectivity index (χ0v) is 14.9. The van der Waals surface area contributed by atoms with Crippen molar-refractivity contribution in [3.05, 3.63) is 90.3 Å². The molecule has 3 aromatic carbocycles. The van der Waals surface area contributed by atoms with Crippen molar-refractivity contribution in [2.75, 3.05) is 11.4 Å². The molecular formula is C23H19N3O. The molecule has 0 unspecified atom stereocenters. The fraction of sp³-hybridized carbons (Fsp3) is 0.130. The van der Waals surface area contributed by atoms with Crippen LogP contribution in [0.25, 0.3) is 10.8 Å². The molecule has 4 aromatic rings. The number of nitrogens with zero attached hydrogens (tertiary/aromatic N) is 3. The maximum atomic E-state index is 6.01. The lowest BCUT2D eigenvalue weighted by Gasteiger charge is -2.29. The van der Waals surface area contributed by atoms with Gasteiger partial charge in [0.15, 0.2) is 0 Å². The van der Waals surface area contributed by atoms with E-state index in [0.717, 1.165) is 36.5 Å². The fourth-order valence-corrected chi connectivity index (χ4v) is 3.60. The van der Waals surface area contributed by atoms with E-state index in [2.05, 4.69) is 57.3 Å². The summed E-state index contributed by atoms with van der Waals surface area (Å²) in [6.07, 6.45) is 2.60. The van der Waals surface area contributed by atoms with Crippen molar-refractivity contribution >= 4 is 16.6 Å². The first-order valence-electron chi connectivity index (χ1n) is 9.16. The molecule has 1 aliphatic rings. The van der Waals surface area contributed by atoms with Gasteiger partial charge in [-0.1, -0.05) is 54.6 Å². The molecule has 0 bridgehead atoms. The largest absolute Gasteiger partial charge is 0.439 e. The molecule has 4 nitrogen and oxygen atoms in total. The number of fused-ring (bicyclic) bond motifs is 2. The van der Waals surface area contributed by atoms with E-state index >= 15 is 0 Å². The molecule has 27 heavy (non-hydrogen) atoms. The van der Waals surface area contributed by atoms with Crippen LogP contribution in [0, 0.1) is 0 Å². The van der Waals surface area contributed by atoms with E-state index in [4.69, 9.17) is 4.74 Å². The highest BCUT2D eigenvalue weighted by Gasteiger charge is 2.17. The zero-order chi connectivity index (χ0) is 18.1. The van der Waals surface area contributed by atoms with Gasteiger partial charge in [0, 0.05) is 19.2 Å². The van der Waals surface area contributed by atoms with Gasteiger partial charge in [-0.15, -0.1) is 0 Å². The summed E-state index contributed by atoms with van der Waals surface area (Å²) in [5, 5.41) is 2.34. The average Bonchev–Trinajstić information content (AvgIpc) is 2.73. The summed E-state index contributed by atoms with van der Waals surface area (Å²) in [4.78, 5) is 11.0. The Balaban J connectivity index is 1.39. The van der Waals surface area contributed by atoms with Crippen molar-refractivity contribution in [2.45, 2.75) is 13.0 Å².